The molecule has 0 aromatic heterocycles. The molecule has 1 heterocycles. The minimum atomic E-state index is -0.518. The summed E-state index contributed by atoms with van der Waals surface area (Å²) in [6.07, 6.45) is 4.88. The molecule has 0 spiro atoms. The molecule has 2 aromatic rings. The van der Waals surface area contributed by atoms with E-state index in [2.05, 4.69) is 5.32 Å². The van der Waals surface area contributed by atoms with Crippen LogP contribution in [-0.4, -0.2) is 16.7 Å². The van der Waals surface area contributed by atoms with Gasteiger partial charge in [-0.15, -0.1) is 0 Å². The van der Waals surface area contributed by atoms with Crippen molar-refractivity contribution in [1.29, 1.82) is 0 Å². The standard InChI is InChI=1S/C22H18ClN3O4/c23-16-4-2-1-3-14(16)11-24-17-8-7-15(10-18(17)26(29)30)25-21(27)19-12-5-6-13(9-12)20(19)22(25)28/h1-8,10,12-13,19-20,24H,9,11H2/t12-,13-,19+,20+/m0/s1. The number of benzene rings is 2. The van der Waals surface area contributed by atoms with E-state index in [1.54, 1.807) is 12.1 Å². The van der Waals surface area contributed by atoms with Gasteiger partial charge in [-0.1, -0.05) is 42.0 Å². The molecule has 30 heavy (non-hydrogen) atoms. The van der Waals surface area contributed by atoms with Crippen LogP contribution in [0.15, 0.2) is 54.6 Å². The van der Waals surface area contributed by atoms with Crippen molar-refractivity contribution < 1.29 is 14.5 Å². The van der Waals surface area contributed by atoms with Gasteiger partial charge in [0.1, 0.15) is 5.69 Å². The zero-order valence-electron chi connectivity index (χ0n) is 15.8. The number of anilines is 2. The van der Waals surface area contributed by atoms with Gasteiger partial charge in [0.2, 0.25) is 11.8 Å². The monoisotopic (exact) mass is 423 g/mol. The second kappa shape index (κ2) is 6.95. The number of nitrogens with one attached hydrogen (secondary N) is 1. The maximum Gasteiger partial charge on any atom is 0.294 e. The highest BCUT2D eigenvalue weighted by Crippen LogP contribution is 2.53. The van der Waals surface area contributed by atoms with Gasteiger partial charge in [-0.25, -0.2) is 4.90 Å². The molecule has 0 radical (unpaired) electrons. The number of carbonyl (C=O) groups is 2. The van der Waals surface area contributed by atoms with Gasteiger partial charge in [0.05, 0.1) is 22.4 Å². The molecule has 152 valence electrons. The second-order valence-electron chi connectivity index (χ2n) is 7.92. The number of halogens is 1. The highest BCUT2D eigenvalue weighted by Gasteiger charge is 2.59. The third kappa shape index (κ3) is 2.81. The Labute approximate surface area is 177 Å². The van der Waals surface area contributed by atoms with Crippen LogP contribution in [0.5, 0.6) is 0 Å². The SMILES string of the molecule is O=C1[C@H]2[C@H](C(=O)N1c1ccc(NCc3ccccc3Cl)c([N+](=O)[O-])c1)[C@H]1C=C[C@H]2C1. The van der Waals surface area contributed by atoms with E-state index < -0.39 is 4.92 Å². The van der Waals surface area contributed by atoms with Crippen LogP contribution in [0.3, 0.4) is 0 Å². The minimum absolute atomic E-state index is 0.0907. The van der Waals surface area contributed by atoms with E-state index in [-0.39, 0.29) is 46.9 Å². The van der Waals surface area contributed by atoms with Crippen LogP contribution in [0.1, 0.15) is 12.0 Å². The summed E-state index contributed by atoms with van der Waals surface area (Å²) >= 11 is 6.15. The topological polar surface area (TPSA) is 92.6 Å². The van der Waals surface area contributed by atoms with Crippen molar-refractivity contribution >= 4 is 40.5 Å². The van der Waals surface area contributed by atoms with E-state index in [1.807, 2.05) is 30.4 Å². The zero-order chi connectivity index (χ0) is 21.0. The maximum atomic E-state index is 13.0. The Balaban J connectivity index is 1.43. The molecule has 3 aliphatic rings. The molecule has 0 unspecified atom stereocenters. The number of allylic oxidation sites excluding steroid dienone is 2. The Morgan fingerprint density at radius 2 is 1.73 bits per heavy atom. The number of carbonyl (C=O) groups excluding carboxylic acids is 2. The first kappa shape index (κ1) is 18.8. The number of nitrogens with zero attached hydrogens (tertiary/aromatic N) is 2. The summed E-state index contributed by atoms with van der Waals surface area (Å²) in [4.78, 5) is 38.2. The summed E-state index contributed by atoms with van der Waals surface area (Å²) in [6, 6.07) is 11.6. The third-order valence-electron chi connectivity index (χ3n) is 6.33. The normalized spacial score (nSPS) is 26.4. The number of nitro benzene ring substituents is 1. The Morgan fingerprint density at radius 3 is 2.37 bits per heavy atom. The van der Waals surface area contributed by atoms with E-state index in [9.17, 15) is 19.7 Å². The zero-order valence-corrected chi connectivity index (χ0v) is 16.6. The lowest BCUT2D eigenvalue weighted by molar-refractivity contribution is -0.383. The highest BCUT2D eigenvalue weighted by molar-refractivity contribution is 6.31. The third-order valence-corrected chi connectivity index (χ3v) is 6.70. The lowest BCUT2D eigenvalue weighted by Crippen LogP contribution is -2.32. The molecule has 2 aliphatic carbocycles. The van der Waals surface area contributed by atoms with Crippen molar-refractivity contribution in [2.24, 2.45) is 23.7 Å². The summed E-state index contributed by atoms with van der Waals surface area (Å²) in [7, 11) is 0. The maximum absolute atomic E-state index is 13.0. The Morgan fingerprint density at radius 1 is 1.07 bits per heavy atom. The second-order valence-corrected chi connectivity index (χ2v) is 8.32. The number of imide groups is 1. The quantitative estimate of drug-likeness (QED) is 0.337. The first-order chi connectivity index (χ1) is 14.5. The summed E-state index contributed by atoms with van der Waals surface area (Å²) in [5, 5.41) is 15.3. The molecule has 2 bridgehead atoms. The molecule has 2 fully saturated rings. The Hall–Kier alpha value is -3.19. The van der Waals surface area contributed by atoms with E-state index in [0.29, 0.717) is 17.3 Å². The van der Waals surface area contributed by atoms with Crippen LogP contribution in [-0.2, 0) is 16.1 Å². The van der Waals surface area contributed by atoms with Crippen LogP contribution in [0.4, 0.5) is 17.1 Å². The van der Waals surface area contributed by atoms with Crippen molar-refractivity contribution in [2.45, 2.75) is 13.0 Å². The fraction of sp³-hybridized carbons (Fsp3) is 0.273. The highest BCUT2D eigenvalue weighted by atomic mass is 35.5. The summed E-state index contributed by atoms with van der Waals surface area (Å²) in [5.41, 5.74) is 1.15. The average molecular weight is 424 g/mol. The summed E-state index contributed by atoms with van der Waals surface area (Å²) in [5.74, 6) is -1.02. The predicted octanol–water partition coefficient (Wildman–Crippen LogP) is 4.17. The first-order valence-electron chi connectivity index (χ1n) is 9.77. The number of nitro groups is 1. The van der Waals surface area contributed by atoms with Crippen molar-refractivity contribution in [3.8, 4) is 0 Å². The molecule has 5 rings (SSSR count). The fourth-order valence-corrected chi connectivity index (χ4v) is 5.15. The van der Waals surface area contributed by atoms with Crippen LogP contribution in [0, 0.1) is 33.8 Å². The van der Waals surface area contributed by atoms with Crippen molar-refractivity contribution in [3.05, 3.63) is 75.3 Å². The Bertz CT molecular complexity index is 1090. The van der Waals surface area contributed by atoms with Gasteiger partial charge < -0.3 is 5.32 Å². The predicted molar refractivity (Wildman–Crippen MR) is 112 cm³/mol. The molecule has 1 saturated heterocycles. The molecule has 2 aromatic carbocycles. The van der Waals surface area contributed by atoms with E-state index in [4.69, 9.17) is 11.6 Å². The molecular weight excluding hydrogens is 406 g/mol. The lowest BCUT2D eigenvalue weighted by Gasteiger charge is -2.18. The van der Waals surface area contributed by atoms with Crippen LogP contribution < -0.4 is 10.2 Å². The number of rotatable bonds is 5. The molecule has 1 aliphatic heterocycles. The lowest BCUT2D eigenvalue weighted by atomic mass is 9.85. The average Bonchev–Trinajstić information content (AvgIpc) is 3.41. The van der Waals surface area contributed by atoms with Crippen molar-refractivity contribution in [1.82, 2.24) is 0 Å². The first-order valence-corrected chi connectivity index (χ1v) is 10.2. The molecule has 1 saturated carbocycles. The van der Waals surface area contributed by atoms with Gasteiger partial charge in [-0.05, 0) is 42.0 Å². The Kier molecular flexibility index (Phi) is 4.36. The van der Waals surface area contributed by atoms with E-state index in [0.717, 1.165) is 16.9 Å². The van der Waals surface area contributed by atoms with Gasteiger partial charge in [0.25, 0.3) is 5.69 Å². The minimum Gasteiger partial charge on any atom is -0.375 e. The smallest absolute Gasteiger partial charge is 0.294 e. The molecule has 2 amide bonds. The van der Waals surface area contributed by atoms with Gasteiger partial charge in [0.15, 0.2) is 0 Å². The number of amides is 2. The number of hydrogen-bond donors (Lipinski definition) is 1. The van der Waals surface area contributed by atoms with Crippen molar-refractivity contribution in [2.75, 3.05) is 10.2 Å². The molecular formula is C22H18ClN3O4. The van der Waals surface area contributed by atoms with Crippen LogP contribution in [0.2, 0.25) is 5.02 Å². The number of fused-ring (bicyclic) bond motifs is 5. The van der Waals surface area contributed by atoms with Crippen LogP contribution in [0.25, 0.3) is 0 Å². The van der Waals surface area contributed by atoms with Gasteiger partial charge in [-0.3, -0.25) is 19.7 Å². The fourth-order valence-electron chi connectivity index (χ4n) is 4.95. The summed E-state index contributed by atoms with van der Waals surface area (Å²) < 4.78 is 0. The van der Waals surface area contributed by atoms with Crippen molar-refractivity contribution in [3.63, 3.8) is 0 Å². The van der Waals surface area contributed by atoms with Gasteiger partial charge >= 0.3 is 0 Å². The molecule has 1 N–H and O–H groups in total. The van der Waals surface area contributed by atoms with Gasteiger partial charge in [-0.2, -0.15) is 0 Å². The van der Waals surface area contributed by atoms with E-state index >= 15 is 0 Å². The summed E-state index contributed by atoms with van der Waals surface area (Å²) in [6.45, 7) is 0.306. The largest absolute Gasteiger partial charge is 0.375 e. The molecule has 7 nitrogen and oxygen atoms in total. The molecule has 8 heteroatoms. The van der Waals surface area contributed by atoms with Gasteiger partial charge in [0, 0.05) is 17.6 Å². The number of hydrogen-bond acceptors (Lipinski definition) is 5. The van der Waals surface area contributed by atoms with Crippen LogP contribution >= 0.6 is 11.6 Å². The molecule has 4 atom stereocenters. The van der Waals surface area contributed by atoms with E-state index in [1.165, 1.54) is 12.1 Å².